The van der Waals surface area contributed by atoms with Crippen LogP contribution in [0.4, 0.5) is 5.69 Å². The molecule has 1 amide bonds. The number of carbonyl (C=O) groups is 2. The number of halogens is 1. The molecule has 154 valence electrons. The van der Waals surface area contributed by atoms with Gasteiger partial charge in [-0.15, -0.1) is 0 Å². The number of aromatic nitrogens is 1. The normalized spacial score (nSPS) is 19.1. The molecule has 2 aliphatic heterocycles. The molecular weight excluding hydrogens is 420 g/mol. The first kappa shape index (κ1) is 19.1. The minimum Gasteiger partial charge on any atom is -0.507 e. The molecule has 1 fully saturated rings. The molecule has 0 saturated carbocycles. The number of amides is 1. The van der Waals surface area contributed by atoms with Gasteiger partial charge in [0.25, 0.3) is 11.7 Å². The van der Waals surface area contributed by atoms with E-state index in [-0.39, 0.29) is 18.1 Å². The molecule has 0 radical (unpaired) electrons. The predicted molar refractivity (Wildman–Crippen MR) is 113 cm³/mol. The summed E-state index contributed by atoms with van der Waals surface area (Å²) in [6, 6.07) is 14.0. The molecule has 1 saturated heterocycles. The van der Waals surface area contributed by atoms with Crippen molar-refractivity contribution in [1.82, 2.24) is 4.98 Å². The zero-order valence-electron chi connectivity index (χ0n) is 16.0. The van der Waals surface area contributed by atoms with Crippen LogP contribution in [0.5, 0.6) is 11.5 Å². The largest absolute Gasteiger partial charge is 0.507 e. The third-order valence-electron chi connectivity index (χ3n) is 5.20. The van der Waals surface area contributed by atoms with Crippen LogP contribution in [0.2, 0.25) is 5.02 Å². The number of Topliss-reactive ketones (excluding diaryl/α,β-unsaturated/α-hetero) is 1. The Morgan fingerprint density at radius 3 is 2.58 bits per heavy atom. The van der Waals surface area contributed by atoms with E-state index in [1.54, 1.807) is 60.8 Å². The summed E-state index contributed by atoms with van der Waals surface area (Å²) in [6.07, 6.45) is 3.07. The van der Waals surface area contributed by atoms with E-state index in [1.807, 2.05) is 0 Å². The lowest BCUT2D eigenvalue weighted by Crippen LogP contribution is -2.29. The van der Waals surface area contributed by atoms with Crippen molar-refractivity contribution in [1.29, 1.82) is 0 Å². The van der Waals surface area contributed by atoms with Crippen LogP contribution in [0.3, 0.4) is 0 Å². The third kappa shape index (κ3) is 3.19. The van der Waals surface area contributed by atoms with E-state index < -0.39 is 17.7 Å². The molecule has 3 aromatic rings. The van der Waals surface area contributed by atoms with Crippen molar-refractivity contribution in [2.24, 2.45) is 0 Å². The number of pyridine rings is 1. The summed E-state index contributed by atoms with van der Waals surface area (Å²) in [5, 5.41) is 11.5. The van der Waals surface area contributed by atoms with Crippen molar-refractivity contribution in [3.63, 3.8) is 0 Å². The molecule has 7 nitrogen and oxygen atoms in total. The Kier molecular flexibility index (Phi) is 4.60. The van der Waals surface area contributed by atoms with Gasteiger partial charge in [0.2, 0.25) is 6.79 Å². The van der Waals surface area contributed by atoms with Gasteiger partial charge in [0, 0.05) is 16.8 Å². The smallest absolute Gasteiger partial charge is 0.300 e. The second-order valence-corrected chi connectivity index (χ2v) is 7.44. The monoisotopic (exact) mass is 434 g/mol. The molecule has 1 aromatic heterocycles. The van der Waals surface area contributed by atoms with E-state index in [2.05, 4.69) is 4.98 Å². The van der Waals surface area contributed by atoms with E-state index >= 15 is 0 Å². The predicted octanol–water partition coefficient (Wildman–Crippen LogP) is 4.09. The Morgan fingerprint density at radius 1 is 1.06 bits per heavy atom. The maximum absolute atomic E-state index is 13.1. The lowest BCUT2D eigenvalue weighted by Gasteiger charge is -2.25. The number of nitrogens with zero attached hydrogens (tertiary/aromatic N) is 2. The van der Waals surface area contributed by atoms with Crippen LogP contribution in [-0.2, 0) is 9.59 Å². The fourth-order valence-corrected chi connectivity index (χ4v) is 3.88. The number of benzene rings is 2. The van der Waals surface area contributed by atoms with Crippen LogP contribution in [0.25, 0.3) is 5.76 Å². The molecule has 1 unspecified atom stereocenters. The maximum atomic E-state index is 13.1. The van der Waals surface area contributed by atoms with Crippen molar-refractivity contribution >= 4 is 34.7 Å². The van der Waals surface area contributed by atoms with Gasteiger partial charge in [0.15, 0.2) is 11.5 Å². The number of anilines is 1. The highest BCUT2D eigenvalue weighted by atomic mass is 35.5. The number of fused-ring (bicyclic) bond motifs is 1. The number of aliphatic hydroxyl groups excluding tert-OH is 1. The Hall–Kier alpha value is -3.84. The van der Waals surface area contributed by atoms with Gasteiger partial charge in [-0.3, -0.25) is 19.5 Å². The highest BCUT2D eigenvalue weighted by Crippen LogP contribution is 2.44. The Balaban J connectivity index is 1.72. The summed E-state index contributed by atoms with van der Waals surface area (Å²) in [6.45, 7) is 0.0896. The van der Waals surface area contributed by atoms with Crippen LogP contribution in [0, 0.1) is 0 Å². The fraction of sp³-hybridized carbons (Fsp3) is 0.0870. The van der Waals surface area contributed by atoms with Gasteiger partial charge in [-0.05, 0) is 54.1 Å². The van der Waals surface area contributed by atoms with Gasteiger partial charge in [-0.25, -0.2) is 0 Å². The standard InChI is InChI=1S/C23H15ClN2O5/c24-15-6-3-13(4-7-15)21(27)19-20(14-5-8-17-18(10-14)31-12-30-17)26(23(29)22(19)28)16-2-1-9-25-11-16/h1-11,20,27H,12H2. The summed E-state index contributed by atoms with van der Waals surface area (Å²) >= 11 is 5.95. The van der Waals surface area contributed by atoms with E-state index in [0.717, 1.165) is 0 Å². The first-order chi connectivity index (χ1) is 15.0. The molecule has 0 bridgehead atoms. The number of ketones is 1. The lowest BCUT2D eigenvalue weighted by atomic mass is 9.95. The Morgan fingerprint density at radius 2 is 1.84 bits per heavy atom. The quantitative estimate of drug-likeness (QED) is 0.379. The second-order valence-electron chi connectivity index (χ2n) is 7.00. The summed E-state index contributed by atoms with van der Waals surface area (Å²) in [7, 11) is 0. The Labute approximate surface area is 182 Å². The highest BCUT2D eigenvalue weighted by Gasteiger charge is 2.47. The lowest BCUT2D eigenvalue weighted by molar-refractivity contribution is -0.132. The SMILES string of the molecule is O=C1C(=O)N(c2cccnc2)C(c2ccc3c(c2)OCO3)C1=C(O)c1ccc(Cl)cc1. The highest BCUT2D eigenvalue weighted by molar-refractivity contribution is 6.51. The third-order valence-corrected chi connectivity index (χ3v) is 5.45. The topological polar surface area (TPSA) is 89.0 Å². The average molecular weight is 435 g/mol. The fourth-order valence-electron chi connectivity index (χ4n) is 3.76. The number of ether oxygens (including phenoxy) is 2. The van der Waals surface area contributed by atoms with Crippen molar-refractivity contribution < 1.29 is 24.2 Å². The number of hydrogen-bond donors (Lipinski definition) is 1. The van der Waals surface area contributed by atoms with Gasteiger partial charge in [-0.1, -0.05) is 17.7 Å². The Bertz CT molecular complexity index is 1220. The van der Waals surface area contributed by atoms with Crippen molar-refractivity contribution in [2.45, 2.75) is 6.04 Å². The molecule has 0 spiro atoms. The first-order valence-corrected chi connectivity index (χ1v) is 9.79. The molecular formula is C23H15ClN2O5. The minimum absolute atomic E-state index is 0.0324. The molecule has 2 aromatic carbocycles. The zero-order chi connectivity index (χ0) is 21.5. The van der Waals surface area contributed by atoms with Crippen molar-refractivity contribution in [2.75, 3.05) is 11.7 Å². The van der Waals surface area contributed by atoms with Crippen LogP contribution < -0.4 is 14.4 Å². The van der Waals surface area contributed by atoms with E-state index in [9.17, 15) is 14.7 Å². The molecule has 3 heterocycles. The van der Waals surface area contributed by atoms with Crippen molar-refractivity contribution in [3.05, 3.63) is 88.7 Å². The first-order valence-electron chi connectivity index (χ1n) is 9.41. The summed E-state index contributed by atoms with van der Waals surface area (Å²) in [5.41, 5.74) is 1.36. The molecule has 5 rings (SSSR count). The van der Waals surface area contributed by atoms with Crippen LogP contribution in [-0.4, -0.2) is 28.6 Å². The summed E-state index contributed by atoms with van der Waals surface area (Å²) < 4.78 is 10.8. The van der Waals surface area contributed by atoms with Gasteiger partial charge in [0.1, 0.15) is 5.76 Å². The summed E-state index contributed by atoms with van der Waals surface area (Å²) in [5.74, 6) is -0.769. The molecule has 1 N–H and O–H groups in total. The van der Waals surface area contributed by atoms with E-state index in [0.29, 0.717) is 33.3 Å². The number of rotatable bonds is 3. The van der Waals surface area contributed by atoms with Crippen LogP contribution in [0.1, 0.15) is 17.2 Å². The van der Waals surface area contributed by atoms with Crippen molar-refractivity contribution in [3.8, 4) is 11.5 Å². The zero-order valence-corrected chi connectivity index (χ0v) is 16.7. The van der Waals surface area contributed by atoms with Crippen LogP contribution in [0.15, 0.2) is 72.6 Å². The molecule has 8 heteroatoms. The van der Waals surface area contributed by atoms with E-state index in [4.69, 9.17) is 21.1 Å². The number of aliphatic hydroxyl groups is 1. The summed E-state index contributed by atoms with van der Waals surface area (Å²) in [4.78, 5) is 31.5. The average Bonchev–Trinajstić information content (AvgIpc) is 3.36. The van der Waals surface area contributed by atoms with E-state index in [1.165, 1.54) is 11.1 Å². The molecule has 1 atom stereocenters. The van der Waals surface area contributed by atoms with Gasteiger partial charge in [0.05, 0.1) is 23.5 Å². The number of hydrogen-bond acceptors (Lipinski definition) is 6. The molecule has 0 aliphatic carbocycles. The van der Waals surface area contributed by atoms with Gasteiger partial charge in [-0.2, -0.15) is 0 Å². The second kappa shape index (κ2) is 7.45. The molecule has 31 heavy (non-hydrogen) atoms. The van der Waals surface area contributed by atoms with Gasteiger partial charge < -0.3 is 14.6 Å². The molecule has 2 aliphatic rings. The minimum atomic E-state index is -0.880. The number of carbonyl (C=O) groups excluding carboxylic acids is 2. The van der Waals surface area contributed by atoms with Gasteiger partial charge >= 0.3 is 0 Å². The maximum Gasteiger partial charge on any atom is 0.300 e. The van der Waals surface area contributed by atoms with Crippen LogP contribution >= 0.6 is 11.6 Å².